The van der Waals surface area contributed by atoms with Crippen LogP contribution in [0.25, 0.3) is 0 Å². The number of aromatic nitrogens is 1. The second kappa shape index (κ2) is 8.58. The Balaban J connectivity index is 1.57. The molecule has 1 aromatic heterocycles. The summed E-state index contributed by atoms with van der Waals surface area (Å²) in [6, 6.07) is 9.16. The maximum Gasteiger partial charge on any atom is 0.417 e. The van der Waals surface area contributed by atoms with Crippen LogP contribution in [0.2, 0.25) is 0 Å². The van der Waals surface area contributed by atoms with Crippen molar-refractivity contribution in [3.05, 3.63) is 64.1 Å². The van der Waals surface area contributed by atoms with E-state index in [1.165, 1.54) is 0 Å². The molecule has 0 spiro atoms. The molecule has 1 aliphatic rings. The molecule has 0 atom stereocenters. The van der Waals surface area contributed by atoms with Gasteiger partial charge in [0.2, 0.25) is 0 Å². The lowest BCUT2D eigenvalue weighted by atomic mass is 10.2. The van der Waals surface area contributed by atoms with Gasteiger partial charge >= 0.3 is 6.18 Å². The highest BCUT2D eigenvalue weighted by Crippen LogP contribution is 2.28. The maximum atomic E-state index is 12.8. The summed E-state index contributed by atoms with van der Waals surface area (Å²) < 4.78 is 39.5. The topological polar surface area (TPSA) is 49.3 Å². The number of rotatable bonds is 6. The third kappa shape index (κ3) is 5.58. The Hall–Kier alpha value is -2.32. The van der Waals surface area contributed by atoms with Crippen molar-refractivity contribution in [1.29, 1.82) is 0 Å². The van der Waals surface area contributed by atoms with E-state index in [-0.39, 0.29) is 6.54 Å². The lowest BCUT2D eigenvalue weighted by molar-refractivity contribution is -0.138. The maximum absolute atomic E-state index is 12.8. The summed E-state index contributed by atoms with van der Waals surface area (Å²) in [4.78, 5) is 14.2. The predicted octanol–water partition coefficient (Wildman–Crippen LogP) is 2.23. The van der Waals surface area contributed by atoms with Crippen LogP contribution in [0.15, 0.2) is 47.4 Å². The van der Waals surface area contributed by atoms with Gasteiger partial charge in [0.25, 0.3) is 5.56 Å². The van der Waals surface area contributed by atoms with Crippen LogP contribution in [-0.4, -0.2) is 48.7 Å². The lowest BCUT2D eigenvalue weighted by Gasteiger charge is -2.27. The molecule has 8 heteroatoms. The summed E-state index contributed by atoms with van der Waals surface area (Å²) in [6.07, 6.45) is -3.60. The molecule has 2 aromatic rings. The Kier molecular flexibility index (Phi) is 6.18. The number of hydrogen-bond acceptors (Lipinski definition) is 4. The van der Waals surface area contributed by atoms with Gasteiger partial charge in [-0.1, -0.05) is 12.1 Å². The van der Waals surface area contributed by atoms with E-state index in [4.69, 9.17) is 0 Å². The van der Waals surface area contributed by atoms with E-state index < -0.39 is 17.3 Å². The molecular formula is C19H23F3N4O. The van der Waals surface area contributed by atoms with Crippen LogP contribution in [-0.2, 0) is 12.7 Å². The van der Waals surface area contributed by atoms with Crippen LogP contribution >= 0.6 is 0 Å². The number of nitrogens with one attached hydrogen (secondary N) is 2. The molecule has 0 radical (unpaired) electrons. The van der Waals surface area contributed by atoms with Gasteiger partial charge in [0.05, 0.1) is 12.1 Å². The highest BCUT2D eigenvalue weighted by atomic mass is 19.4. The average molecular weight is 380 g/mol. The normalized spacial score (nSPS) is 15.7. The fourth-order valence-corrected chi connectivity index (χ4v) is 3.04. The van der Waals surface area contributed by atoms with E-state index in [1.807, 2.05) is 24.3 Å². The summed E-state index contributed by atoms with van der Waals surface area (Å²) in [7, 11) is 0. The van der Waals surface area contributed by atoms with E-state index in [9.17, 15) is 18.0 Å². The molecule has 1 aromatic carbocycles. The van der Waals surface area contributed by atoms with Gasteiger partial charge in [-0.25, -0.2) is 0 Å². The minimum absolute atomic E-state index is 0.101. The summed E-state index contributed by atoms with van der Waals surface area (Å²) in [5, 5.41) is 6.66. The number of hydrogen-bond donors (Lipinski definition) is 2. The molecule has 0 unspecified atom stereocenters. The highest BCUT2D eigenvalue weighted by molar-refractivity contribution is 5.44. The first-order chi connectivity index (χ1) is 12.9. The van der Waals surface area contributed by atoms with Crippen molar-refractivity contribution >= 4 is 5.69 Å². The zero-order valence-corrected chi connectivity index (χ0v) is 14.9. The SMILES string of the molecule is O=c1ccc(C(F)(F)F)cn1Cc1ccc(NCCN2CCNCC2)cc1. The fraction of sp³-hybridized carbons (Fsp3) is 0.421. The fourth-order valence-electron chi connectivity index (χ4n) is 3.04. The van der Waals surface area contributed by atoms with Crippen molar-refractivity contribution in [2.24, 2.45) is 0 Å². The molecule has 1 saturated heterocycles. The zero-order chi connectivity index (χ0) is 19.3. The molecule has 2 heterocycles. The molecular weight excluding hydrogens is 357 g/mol. The van der Waals surface area contributed by atoms with Crippen molar-refractivity contribution in [2.45, 2.75) is 12.7 Å². The summed E-state index contributed by atoms with van der Waals surface area (Å²) in [6.45, 7) is 6.02. The van der Waals surface area contributed by atoms with Crippen LogP contribution < -0.4 is 16.2 Å². The number of benzene rings is 1. The average Bonchev–Trinajstić information content (AvgIpc) is 2.65. The van der Waals surface area contributed by atoms with Crippen molar-refractivity contribution in [3.63, 3.8) is 0 Å². The van der Waals surface area contributed by atoms with E-state index in [0.717, 1.165) is 73.4 Å². The monoisotopic (exact) mass is 380 g/mol. The van der Waals surface area contributed by atoms with Crippen molar-refractivity contribution in [1.82, 2.24) is 14.8 Å². The van der Waals surface area contributed by atoms with Gasteiger partial charge < -0.3 is 15.2 Å². The van der Waals surface area contributed by atoms with Crippen molar-refractivity contribution < 1.29 is 13.2 Å². The predicted molar refractivity (Wildman–Crippen MR) is 99.0 cm³/mol. The van der Waals surface area contributed by atoms with Crippen LogP contribution in [0.3, 0.4) is 0 Å². The Labute approximate surface area is 155 Å². The van der Waals surface area contributed by atoms with Crippen LogP contribution in [0.1, 0.15) is 11.1 Å². The van der Waals surface area contributed by atoms with Crippen LogP contribution in [0, 0.1) is 0 Å². The Morgan fingerprint density at radius 2 is 1.74 bits per heavy atom. The second-order valence-corrected chi connectivity index (χ2v) is 6.60. The largest absolute Gasteiger partial charge is 0.417 e. The van der Waals surface area contributed by atoms with Crippen LogP contribution in [0.4, 0.5) is 18.9 Å². The van der Waals surface area contributed by atoms with Gasteiger partial charge in [0.1, 0.15) is 0 Å². The van der Waals surface area contributed by atoms with Gasteiger partial charge in [0.15, 0.2) is 0 Å². The Morgan fingerprint density at radius 3 is 2.41 bits per heavy atom. The number of nitrogens with zero attached hydrogens (tertiary/aromatic N) is 2. The molecule has 0 bridgehead atoms. The number of alkyl halides is 3. The molecule has 2 N–H and O–H groups in total. The van der Waals surface area contributed by atoms with Crippen molar-refractivity contribution in [2.75, 3.05) is 44.6 Å². The minimum Gasteiger partial charge on any atom is -0.384 e. The van der Waals surface area contributed by atoms with E-state index in [0.29, 0.717) is 0 Å². The minimum atomic E-state index is -4.46. The van der Waals surface area contributed by atoms with Gasteiger partial charge in [0, 0.05) is 57.2 Å². The first-order valence-electron chi connectivity index (χ1n) is 8.95. The zero-order valence-electron chi connectivity index (χ0n) is 14.9. The van der Waals surface area contributed by atoms with Crippen LogP contribution in [0.5, 0.6) is 0 Å². The third-order valence-electron chi connectivity index (χ3n) is 4.58. The van der Waals surface area contributed by atoms with Gasteiger partial charge in [-0.15, -0.1) is 0 Å². The molecule has 1 fully saturated rings. The molecule has 0 saturated carbocycles. The standard InChI is InChI=1S/C19H23F3N4O/c20-19(21,22)16-3-6-18(27)26(14-16)13-15-1-4-17(5-2-15)24-9-12-25-10-7-23-8-11-25/h1-6,14,23-24H,7-13H2. The lowest BCUT2D eigenvalue weighted by Crippen LogP contribution is -2.45. The molecule has 27 heavy (non-hydrogen) atoms. The quantitative estimate of drug-likeness (QED) is 0.807. The second-order valence-electron chi connectivity index (χ2n) is 6.60. The number of anilines is 1. The third-order valence-corrected chi connectivity index (χ3v) is 4.58. The molecule has 5 nitrogen and oxygen atoms in total. The molecule has 3 rings (SSSR count). The smallest absolute Gasteiger partial charge is 0.384 e. The van der Waals surface area contributed by atoms with Gasteiger partial charge in [-0.3, -0.25) is 9.69 Å². The summed E-state index contributed by atoms with van der Waals surface area (Å²) in [5.74, 6) is 0. The first kappa shape index (κ1) is 19.4. The summed E-state index contributed by atoms with van der Waals surface area (Å²) in [5.41, 5.74) is 0.434. The number of piperazine rings is 1. The Morgan fingerprint density at radius 1 is 1.04 bits per heavy atom. The van der Waals surface area contributed by atoms with Gasteiger partial charge in [-0.2, -0.15) is 13.2 Å². The number of halogens is 3. The molecule has 0 aliphatic carbocycles. The van der Waals surface area contributed by atoms with E-state index >= 15 is 0 Å². The van der Waals surface area contributed by atoms with E-state index in [1.54, 1.807) is 0 Å². The van der Waals surface area contributed by atoms with Gasteiger partial charge in [-0.05, 0) is 23.8 Å². The first-order valence-corrected chi connectivity index (χ1v) is 8.95. The van der Waals surface area contributed by atoms with Crippen molar-refractivity contribution in [3.8, 4) is 0 Å². The number of pyridine rings is 1. The molecule has 0 amide bonds. The summed E-state index contributed by atoms with van der Waals surface area (Å²) >= 11 is 0. The molecule has 1 aliphatic heterocycles. The Bertz CT molecular complexity index is 796. The van der Waals surface area contributed by atoms with E-state index in [2.05, 4.69) is 15.5 Å². The molecule has 146 valence electrons. The highest BCUT2D eigenvalue weighted by Gasteiger charge is 2.31.